The van der Waals surface area contributed by atoms with Crippen molar-refractivity contribution < 1.29 is 13.2 Å². The normalized spacial score (nSPS) is 17.8. The molecule has 0 amide bonds. The molecule has 1 rings (SSSR count). The van der Waals surface area contributed by atoms with Crippen molar-refractivity contribution in [3.8, 4) is 0 Å². The van der Waals surface area contributed by atoms with Gasteiger partial charge in [0.2, 0.25) is 0 Å². The molecule has 35 heavy (non-hydrogen) atoms. The molecule has 194 valence electrons. The third-order valence-corrected chi connectivity index (χ3v) is 6.14. The quantitative estimate of drug-likeness (QED) is 0.174. The van der Waals surface area contributed by atoms with E-state index in [-0.39, 0.29) is 12.8 Å². The van der Waals surface area contributed by atoms with E-state index in [9.17, 15) is 13.2 Å². The first-order chi connectivity index (χ1) is 16.7. The Bertz CT molecular complexity index is 847. The zero-order chi connectivity index (χ0) is 26.1. The average Bonchev–Trinajstić information content (AvgIpc) is 3.08. The zero-order valence-corrected chi connectivity index (χ0v) is 22.1. The average molecular weight is 488 g/mol. The highest BCUT2D eigenvalue weighted by molar-refractivity contribution is 5.31. The molecule has 0 saturated heterocycles. The van der Waals surface area contributed by atoms with Gasteiger partial charge in [0.25, 0.3) is 0 Å². The van der Waals surface area contributed by atoms with Crippen molar-refractivity contribution >= 4 is 0 Å². The summed E-state index contributed by atoms with van der Waals surface area (Å²) in [7, 11) is 2.13. The van der Waals surface area contributed by atoms with Crippen molar-refractivity contribution in [2.24, 2.45) is 5.92 Å². The Morgan fingerprint density at radius 2 is 1.89 bits per heavy atom. The van der Waals surface area contributed by atoms with Crippen LogP contribution in [0.1, 0.15) is 65.7 Å². The summed E-state index contributed by atoms with van der Waals surface area (Å²) in [5.74, 6) is 0.416. The van der Waals surface area contributed by atoms with Crippen LogP contribution in [0.4, 0.5) is 13.2 Å². The molecule has 0 radical (unpaired) electrons. The van der Waals surface area contributed by atoms with E-state index in [0.717, 1.165) is 56.3 Å². The topological polar surface area (TPSA) is 3.24 Å². The largest absolute Gasteiger partial charge is 0.412 e. The van der Waals surface area contributed by atoms with Gasteiger partial charge in [-0.1, -0.05) is 85.9 Å². The first-order valence-corrected chi connectivity index (χ1v) is 12.8. The van der Waals surface area contributed by atoms with Crippen molar-refractivity contribution in [3.63, 3.8) is 0 Å². The van der Waals surface area contributed by atoms with E-state index in [1.807, 2.05) is 6.92 Å². The molecule has 1 nitrogen and oxygen atoms in total. The predicted octanol–water partition coefficient (Wildman–Crippen LogP) is 9.46. The molecule has 0 aromatic rings. The van der Waals surface area contributed by atoms with Crippen molar-refractivity contribution in [2.75, 3.05) is 20.1 Å². The summed E-state index contributed by atoms with van der Waals surface area (Å²) >= 11 is 0. The van der Waals surface area contributed by atoms with Gasteiger partial charge in [0, 0.05) is 12.1 Å². The van der Waals surface area contributed by atoms with E-state index in [1.165, 1.54) is 17.7 Å². The minimum Gasteiger partial charge on any atom is -0.306 e. The van der Waals surface area contributed by atoms with Crippen molar-refractivity contribution in [1.82, 2.24) is 4.90 Å². The fourth-order valence-corrected chi connectivity index (χ4v) is 4.00. The second kappa shape index (κ2) is 17.2. The van der Waals surface area contributed by atoms with E-state index >= 15 is 0 Å². The molecule has 1 aliphatic rings. The standard InChI is InChI=1S/C31H44F3N/c1-6-9-19-30(31(32,33)34)21-20-26(4)29(8-3)18-14-23-35(5)24-22-27(15-7-2)25-28-16-12-10-11-13-17-28/h6-7,9-12,15-16,18,21,25,27H,4,8,13-14,17,19-20,22-24H2,1-3,5H3/b9-6-,15-7-,28-25-,29-18+,30-21?. The molecule has 1 atom stereocenters. The molecule has 0 aromatic carbocycles. The SMILES string of the molecule is C=C(CC=C(C/C=C\C)C(F)(F)F)/C(=C/CCN(C)CCC(/C=C\C)/C=C1/C=CC=CCC1)CC. The highest BCUT2D eigenvalue weighted by Crippen LogP contribution is 2.30. The first kappa shape index (κ1) is 30.7. The molecule has 0 aromatic heterocycles. The van der Waals surface area contributed by atoms with Gasteiger partial charge in [-0.2, -0.15) is 13.2 Å². The number of nitrogens with zero attached hydrogens (tertiary/aromatic N) is 1. The number of hydrogen-bond acceptors (Lipinski definition) is 1. The smallest absolute Gasteiger partial charge is 0.306 e. The lowest BCUT2D eigenvalue weighted by atomic mass is 9.98. The molecule has 0 bridgehead atoms. The molecular weight excluding hydrogens is 443 g/mol. The maximum absolute atomic E-state index is 13.2. The van der Waals surface area contributed by atoms with Gasteiger partial charge >= 0.3 is 6.18 Å². The van der Waals surface area contributed by atoms with Crippen LogP contribution in [-0.4, -0.2) is 31.2 Å². The van der Waals surface area contributed by atoms with Gasteiger partial charge in [0.15, 0.2) is 0 Å². The highest BCUT2D eigenvalue weighted by atomic mass is 19.4. The molecule has 0 aliphatic heterocycles. The Balaban J connectivity index is 2.62. The number of allylic oxidation sites excluding steroid dienone is 14. The minimum absolute atomic E-state index is 0.0959. The van der Waals surface area contributed by atoms with E-state index in [2.05, 4.69) is 74.1 Å². The minimum atomic E-state index is -4.30. The fourth-order valence-electron chi connectivity index (χ4n) is 4.00. The summed E-state index contributed by atoms with van der Waals surface area (Å²) in [6.07, 6.45) is 22.7. The lowest BCUT2D eigenvalue weighted by Gasteiger charge is -2.19. The number of alkyl halides is 3. The summed E-state index contributed by atoms with van der Waals surface area (Å²) < 4.78 is 39.7. The Kier molecular flexibility index (Phi) is 15.0. The van der Waals surface area contributed by atoms with Gasteiger partial charge in [-0.05, 0) is 89.4 Å². The fraction of sp³-hybridized carbons (Fsp3) is 0.484. The van der Waals surface area contributed by atoms with Gasteiger partial charge < -0.3 is 4.90 Å². The Labute approximate surface area is 211 Å². The van der Waals surface area contributed by atoms with Crippen LogP contribution in [0.2, 0.25) is 0 Å². The van der Waals surface area contributed by atoms with Crippen LogP contribution in [-0.2, 0) is 0 Å². The maximum atomic E-state index is 13.2. The molecule has 0 fully saturated rings. The van der Waals surface area contributed by atoms with Crippen LogP contribution >= 0.6 is 0 Å². The lowest BCUT2D eigenvalue weighted by Crippen LogP contribution is -2.22. The van der Waals surface area contributed by atoms with Crippen LogP contribution in [0, 0.1) is 5.92 Å². The van der Waals surface area contributed by atoms with Crippen molar-refractivity contribution in [3.05, 3.63) is 95.7 Å². The van der Waals surface area contributed by atoms with Gasteiger partial charge in [0.1, 0.15) is 0 Å². The summed E-state index contributed by atoms with van der Waals surface area (Å²) in [5, 5.41) is 0. The van der Waals surface area contributed by atoms with Gasteiger partial charge in [-0.15, -0.1) is 0 Å². The zero-order valence-electron chi connectivity index (χ0n) is 22.1. The van der Waals surface area contributed by atoms with E-state index in [1.54, 1.807) is 13.0 Å². The van der Waals surface area contributed by atoms with Crippen molar-refractivity contribution in [1.29, 1.82) is 0 Å². The van der Waals surface area contributed by atoms with Crippen LogP contribution < -0.4 is 0 Å². The summed E-state index contributed by atoms with van der Waals surface area (Å²) in [6.45, 7) is 11.8. The van der Waals surface area contributed by atoms with E-state index < -0.39 is 11.7 Å². The number of halogens is 3. The predicted molar refractivity (Wildman–Crippen MR) is 146 cm³/mol. The third kappa shape index (κ3) is 13.4. The molecule has 0 heterocycles. The molecule has 0 saturated carbocycles. The van der Waals surface area contributed by atoms with Gasteiger partial charge in [-0.25, -0.2) is 0 Å². The number of hydrogen-bond donors (Lipinski definition) is 0. The first-order valence-electron chi connectivity index (χ1n) is 12.8. The Hall–Kier alpha value is -2.33. The molecule has 0 N–H and O–H groups in total. The molecular formula is C31H44F3N. The number of rotatable bonds is 14. The van der Waals surface area contributed by atoms with Gasteiger partial charge in [0.05, 0.1) is 0 Å². The van der Waals surface area contributed by atoms with Crippen LogP contribution in [0.15, 0.2) is 95.7 Å². The second-order valence-corrected chi connectivity index (χ2v) is 9.03. The summed E-state index contributed by atoms with van der Waals surface area (Å²) in [5.41, 5.74) is 2.70. The van der Waals surface area contributed by atoms with Gasteiger partial charge in [-0.3, -0.25) is 0 Å². The monoisotopic (exact) mass is 487 g/mol. The molecule has 1 unspecified atom stereocenters. The summed E-state index contributed by atoms with van der Waals surface area (Å²) in [4.78, 5) is 2.32. The van der Waals surface area contributed by atoms with Crippen LogP contribution in [0.5, 0.6) is 0 Å². The van der Waals surface area contributed by atoms with E-state index in [4.69, 9.17) is 0 Å². The van der Waals surface area contributed by atoms with Crippen LogP contribution in [0.3, 0.4) is 0 Å². The highest BCUT2D eigenvalue weighted by Gasteiger charge is 2.32. The van der Waals surface area contributed by atoms with Crippen molar-refractivity contribution in [2.45, 2.75) is 71.9 Å². The molecule has 4 heteroatoms. The molecule has 0 spiro atoms. The Morgan fingerprint density at radius 3 is 2.54 bits per heavy atom. The van der Waals surface area contributed by atoms with Crippen LogP contribution in [0.25, 0.3) is 0 Å². The lowest BCUT2D eigenvalue weighted by molar-refractivity contribution is -0.0931. The summed E-state index contributed by atoms with van der Waals surface area (Å²) in [6, 6.07) is 0. The van der Waals surface area contributed by atoms with E-state index in [0.29, 0.717) is 5.92 Å². The molecule has 1 aliphatic carbocycles. The Morgan fingerprint density at radius 1 is 1.11 bits per heavy atom. The maximum Gasteiger partial charge on any atom is 0.412 e. The second-order valence-electron chi connectivity index (χ2n) is 9.03. The third-order valence-electron chi connectivity index (χ3n) is 6.14.